The summed E-state index contributed by atoms with van der Waals surface area (Å²) in [5, 5.41) is 10.0. The zero-order valence-corrected chi connectivity index (χ0v) is 12.0. The Bertz CT molecular complexity index is 347. The van der Waals surface area contributed by atoms with Gasteiger partial charge in [0.15, 0.2) is 0 Å². The lowest BCUT2D eigenvalue weighted by atomic mass is 10.0. The van der Waals surface area contributed by atoms with Gasteiger partial charge < -0.3 is 9.84 Å². The largest absolute Gasteiger partial charge is 0.488 e. The minimum Gasteiger partial charge on any atom is -0.488 e. The Hall–Kier alpha value is -1.02. The molecule has 2 heteroatoms. The van der Waals surface area contributed by atoms with Gasteiger partial charge in [0, 0.05) is 0 Å². The monoisotopic (exact) mass is 250 g/mol. The molecule has 2 nitrogen and oxygen atoms in total. The summed E-state index contributed by atoms with van der Waals surface area (Å²) in [5.74, 6) is 1.36. The second-order valence-electron chi connectivity index (χ2n) is 5.15. The van der Waals surface area contributed by atoms with Gasteiger partial charge in [-0.05, 0) is 36.5 Å². The van der Waals surface area contributed by atoms with Gasteiger partial charge in [-0.25, -0.2) is 0 Å². The lowest BCUT2D eigenvalue weighted by Crippen LogP contribution is -2.31. The van der Waals surface area contributed by atoms with E-state index < -0.39 is 0 Å². The maximum atomic E-state index is 10.0. The van der Waals surface area contributed by atoms with Crippen molar-refractivity contribution >= 4 is 0 Å². The number of ether oxygens (including phenoxy) is 1. The van der Waals surface area contributed by atoms with E-state index in [1.54, 1.807) is 0 Å². The first-order chi connectivity index (χ1) is 8.58. The first kappa shape index (κ1) is 15.0. The summed E-state index contributed by atoms with van der Waals surface area (Å²) in [6.07, 6.45) is 2.12. The molecule has 0 heterocycles. The van der Waals surface area contributed by atoms with Crippen molar-refractivity contribution in [1.29, 1.82) is 0 Å². The van der Waals surface area contributed by atoms with E-state index >= 15 is 0 Å². The fourth-order valence-corrected chi connectivity index (χ4v) is 2.04. The van der Waals surface area contributed by atoms with Crippen LogP contribution in [0.1, 0.15) is 58.4 Å². The minimum atomic E-state index is -0.372. The van der Waals surface area contributed by atoms with E-state index in [4.69, 9.17) is 4.74 Å². The molecular weight excluding hydrogens is 224 g/mol. The van der Waals surface area contributed by atoms with Crippen LogP contribution in [-0.4, -0.2) is 17.3 Å². The van der Waals surface area contributed by atoms with Crippen LogP contribution >= 0.6 is 0 Å². The number of rotatable bonds is 7. The highest BCUT2D eigenvalue weighted by molar-refractivity contribution is 5.30. The molecule has 0 saturated carbocycles. The fourth-order valence-electron chi connectivity index (χ4n) is 2.04. The van der Waals surface area contributed by atoms with Crippen LogP contribution in [0.5, 0.6) is 5.75 Å². The highest BCUT2D eigenvalue weighted by Crippen LogP contribution is 2.22. The molecule has 1 N–H and O–H groups in total. The molecule has 0 aliphatic rings. The normalized spacial score (nSPS) is 14.6. The molecule has 0 radical (unpaired) electrons. The molecule has 2 atom stereocenters. The topological polar surface area (TPSA) is 29.5 Å². The van der Waals surface area contributed by atoms with E-state index in [-0.39, 0.29) is 12.2 Å². The number of hydrogen-bond donors (Lipinski definition) is 1. The molecule has 102 valence electrons. The fraction of sp³-hybridized carbons (Fsp3) is 0.625. The third kappa shape index (κ3) is 4.34. The SMILES string of the molecule is CCCC(O)C(CC)Oc1cccc(C(C)C)c1. The van der Waals surface area contributed by atoms with Gasteiger partial charge in [-0.1, -0.05) is 46.2 Å². The quantitative estimate of drug-likeness (QED) is 0.788. The van der Waals surface area contributed by atoms with Crippen molar-refractivity contribution in [3.63, 3.8) is 0 Å². The summed E-state index contributed by atoms with van der Waals surface area (Å²) in [5.41, 5.74) is 1.27. The molecule has 18 heavy (non-hydrogen) atoms. The Morgan fingerprint density at radius 3 is 2.50 bits per heavy atom. The molecule has 1 aromatic rings. The van der Waals surface area contributed by atoms with Gasteiger partial charge in [0.2, 0.25) is 0 Å². The summed E-state index contributed by atoms with van der Waals surface area (Å²) in [6, 6.07) is 8.17. The second-order valence-corrected chi connectivity index (χ2v) is 5.15. The van der Waals surface area contributed by atoms with E-state index in [1.807, 2.05) is 12.1 Å². The Labute approximate surface area is 111 Å². The first-order valence-electron chi connectivity index (χ1n) is 7.03. The maximum absolute atomic E-state index is 10.0. The number of aliphatic hydroxyl groups excluding tert-OH is 1. The molecule has 0 spiro atoms. The number of aliphatic hydroxyl groups is 1. The van der Waals surface area contributed by atoms with Crippen LogP contribution in [0.4, 0.5) is 0 Å². The van der Waals surface area contributed by atoms with Crippen molar-refractivity contribution in [2.75, 3.05) is 0 Å². The maximum Gasteiger partial charge on any atom is 0.124 e. The Morgan fingerprint density at radius 2 is 1.94 bits per heavy atom. The van der Waals surface area contributed by atoms with Gasteiger partial charge in [0.05, 0.1) is 6.10 Å². The predicted octanol–water partition coefficient (Wildman–Crippen LogP) is 4.13. The average molecular weight is 250 g/mol. The molecule has 0 aliphatic heterocycles. The zero-order chi connectivity index (χ0) is 13.5. The zero-order valence-electron chi connectivity index (χ0n) is 12.0. The highest BCUT2D eigenvalue weighted by atomic mass is 16.5. The Kier molecular flexibility index (Phi) is 6.20. The van der Waals surface area contributed by atoms with E-state index in [0.717, 1.165) is 25.0 Å². The summed E-state index contributed by atoms with van der Waals surface area (Å²) < 4.78 is 5.92. The lowest BCUT2D eigenvalue weighted by molar-refractivity contribution is 0.0284. The van der Waals surface area contributed by atoms with Crippen molar-refractivity contribution in [3.05, 3.63) is 29.8 Å². The average Bonchev–Trinajstić information content (AvgIpc) is 2.36. The van der Waals surface area contributed by atoms with Gasteiger partial charge in [-0.2, -0.15) is 0 Å². The molecular formula is C16H26O2. The van der Waals surface area contributed by atoms with Gasteiger partial charge in [-0.15, -0.1) is 0 Å². The van der Waals surface area contributed by atoms with E-state index in [9.17, 15) is 5.11 Å². The van der Waals surface area contributed by atoms with Crippen molar-refractivity contribution < 1.29 is 9.84 Å². The second kappa shape index (κ2) is 7.42. The van der Waals surface area contributed by atoms with Crippen LogP contribution in [0.25, 0.3) is 0 Å². The summed E-state index contributed by atoms with van der Waals surface area (Å²) in [4.78, 5) is 0. The molecule has 1 aromatic carbocycles. The van der Waals surface area contributed by atoms with Crippen LogP contribution < -0.4 is 4.74 Å². The van der Waals surface area contributed by atoms with Gasteiger partial charge >= 0.3 is 0 Å². The third-order valence-corrected chi connectivity index (χ3v) is 3.23. The molecule has 0 amide bonds. The Morgan fingerprint density at radius 1 is 1.22 bits per heavy atom. The van der Waals surface area contributed by atoms with Crippen molar-refractivity contribution in [1.82, 2.24) is 0 Å². The molecule has 0 aromatic heterocycles. The van der Waals surface area contributed by atoms with Crippen molar-refractivity contribution in [3.8, 4) is 5.75 Å². The lowest BCUT2D eigenvalue weighted by Gasteiger charge is -2.23. The van der Waals surface area contributed by atoms with E-state index in [2.05, 4.69) is 39.8 Å². The highest BCUT2D eigenvalue weighted by Gasteiger charge is 2.18. The summed E-state index contributed by atoms with van der Waals surface area (Å²) in [7, 11) is 0. The van der Waals surface area contributed by atoms with Crippen molar-refractivity contribution in [2.45, 2.75) is 65.1 Å². The van der Waals surface area contributed by atoms with Gasteiger partial charge in [0.25, 0.3) is 0 Å². The minimum absolute atomic E-state index is 0.104. The smallest absolute Gasteiger partial charge is 0.124 e. The molecule has 0 fully saturated rings. The molecule has 0 aliphatic carbocycles. The standard InChI is InChI=1S/C16H26O2/c1-5-8-15(17)16(6-2)18-14-10-7-9-13(11-14)12(3)4/h7,9-12,15-17H,5-6,8H2,1-4H3. The van der Waals surface area contributed by atoms with E-state index in [0.29, 0.717) is 5.92 Å². The molecule has 0 saturated heterocycles. The van der Waals surface area contributed by atoms with Crippen LogP contribution in [0.15, 0.2) is 24.3 Å². The third-order valence-electron chi connectivity index (χ3n) is 3.23. The van der Waals surface area contributed by atoms with E-state index in [1.165, 1.54) is 5.56 Å². The van der Waals surface area contributed by atoms with Crippen molar-refractivity contribution in [2.24, 2.45) is 0 Å². The molecule has 1 rings (SSSR count). The Balaban J connectivity index is 2.72. The van der Waals surface area contributed by atoms with Gasteiger partial charge in [0.1, 0.15) is 11.9 Å². The molecule has 0 bridgehead atoms. The first-order valence-corrected chi connectivity index (χ1v) is 7.03. The van der Waals surface area contributed by atoms with Crippen LogP contribution in [-0.2, 0) is 0 Å². The summed E-state index contributed by atoms with van der Waals surface area (Å²) >= 11 is 0. The predicted molar refractivity (Wildman–Crippen MR) is 76.2 cm³/mol. The summed E-state index contributed by atoms with van der Waals surface area (Å²) in [6.45, 7) is 8.47. The molecule has 2 unspecified atom stereocenters. The number of benzene rings is 1. The number of hydrogen-bond acceptors (Lipinski definition) is 2. The van der Waals surface area contributed by atoms with Crippen LogP contribution in [0, 0.1) is 0 Å². The van der Waals surface area contributed by atoms with Crippen LogP contribution in [0.3, 0.4) is 0 Å². The van der Waals surface area contributed by atoms with Gasteiger partial charge in [-0.3, -0.25) is 0 Å². The van der Waals surface area contributed by atoms with Crippen LogP contribution in [0.2, 0.25) is 0 Å².